The van der Waals surface area contributed by atoms with Gasteiger partial charge in [-0.25, -0.2) is 4.79 Å². The molecule has 0 bridgehead atoms. The maximum Gasteiger partial charge on any atom is 0.337 e. The minimum atomic E-state index is -0.456. The van der Waals surface area contributed by atoms with E-state index < -0.39 is 5.97 Å². The lowest BCUT2D eigenvalue weighted by molar-refractivity contribution is 0.0600. The molecule has 2 aromatic rings. The van der Waals surface area contributed by atoms with Crippen molar-refractivity contribution in [2.24, 2.45) is 0 Å². The first kappa shape index (κ1) is 21.6. The molecule has 0 radical (unpaired) electrons. The molecule has 0 unspecified atom stereocenters. The fraction of sp³-hybridized carbons (Fsp3) is 0.391. The molecule has 1 fully saturated rings. The minimum Gasteiger partial charge on any atom is -0.491 e. The third-order valence-electron chi connectivity index (χ3n) is 5.03. The van der Waals surface area contributed by atoms with Crippen LogP contribution in [0.5, 0.6) is 5.75 Å². The van der Waals surface area contributed by atoms with Crippen LogP contribution in [0.4, 0.5) is 11.4 Å². The van der Waals surface area contributed by atoms with E-state index in [-0.39, 0.29) is 12.0 Å². The zero-order valence-corrected chi connectivity index (χ0v) is 17.6. The van der Waals surface area contributed by atoms with Crippen molar-refractivity contribution in [2.45, 2.75) is 26.4 Å². The van der Waals surface area contributed by atoms with Gasteiger partial charge in [0, 0.05) is 18.7 Å². The lowest BCUT2D eigenvalue weighted by Gasteiger charge is -2.30. The summed E-state index contributed by atoms with van der Waals surface area (Å²) in [7, 11) is 1.33. The zero-order valence-electron chi connectivity index (χ0n) is 17.6. The van der Waals surface area contributed by atoms with Gasteiger partial charge in [-0.05, 0) is 49.7 Å². The highest BCUT2D eigenvalue weighted by Crippen LogP contribution is 2.29. The van der Waals surface area contributed by atoms with Crippen molar-refractivity contribution in [1.82, 2.24) is 0 Å². The monoisotopic (exact) mass is 412 g/mol. The van der Waals surface area contributed by atoms with Crippen LogP contribution in [0.15, 0.2) is 42.5 Å². The van der Waals surface area contributed by atoms with Crippen LogP contribution >= 0.6 is 0 Å². The van der Waals surface area contributed by atoms with E-state index in [9.17, 15) is 9.59 Å². The van der Waals surface area contributed by atoms with Crippen molar-refractivity contribution in [3.63, 3.8) is 0 Å². The molecule has 1 atom stereocenters. The van der Waals surface area contributed by atoms with Crippen molar-refractivity contribution >= 4 is 23.3 Å². The second-order valence-corrected chi connectivity index (χ2v) is 7.14. The van der Waals surface area contributed by atoms with Gasteiger partial charge >= 0.3 is 5.97 Å². The largest absolute Gasteiger partial charge is 0.491 e. The number of methoxy groups -OCH3 is 1. The van der Waals surface area contributed by atoms with Crippen molar-refractivity contribution in [2.75, 3.05) is 43.6 Å². The number of anilines is 2. The van der Waals surface area contributed by atoms with Crippen LogP contribution in [0.2, 0.25) is 0 Å². The second-order valence-electron chi connectivity index (χ2n) is 7.14. The Morgan fingerprint density at radius 3 is 2.60 bits per heavy atom. The standard InChI is InChI=1S/C23H28N2O5/c1-4-16(2)30-19-7-5-6-17(14-19)22(26)24-20-15-18(23(27)28-3)8-9-21(20)25-10-12-29-13-11-25/h5-9,14-16H,4,10-13H2,1-3H3,(H,24,26)/t16-/m1/s1. The first-order valence-corrected chi connectivity index (χ1v) is 10.1. The molecule has 3 rings (SSSR count). The number of ether oxygens (including phenoxy) is 3. The van der Waals surface area contributed by atoms with Gasteiger partial charge < -0.3 is 24.4 Å². The Hall–Kier alpha value is -3.06. The maximum atomic E-state index is 13.0. The van der Waals surface area contributed by atoms with Crippen LogP contribution in [0.1, 0.15) is 41.0 Å². The highest BCUT2D eigenvalue weighted by atomic mass is 16.5. The number of hydrogen-bond donors (Lipinski definition) is 1. The van der Waals surface area contributed by atoms with Crippen LogP contribution in [-0.2, 0) is 9.47 Å². The van der Waals surface area contributed by atoms with Gasteiger partial charge in [0.25, 0.3) is 5.91 Å². The summed E-state index contributed by atoms with van der Waals surface area (Å²) < 4.78 is 16.1. The number of esters is 1. The number of carbonyl (C=O) groups is 2. The number of carbonyl (C=O) groups excluding carboxylic acids is 2. The van der Waals surface area contributed by atoms with E-state index in [0.717, 1.165) is 12.1 Å². The third kappa shape index (κ3) is 5.30. The summed E-state index contributed by atoms with van der Waals surface area (Å²) in [5.74, 6) is -0.0854. The van der Waals surface area contributed by atoms with Crippen LogP contribution < -0.4 is 15.0 Å². The number of morpholine rings is 1. The predicted octanol–water partition coefficient (Wildman–Crippen LogP) is 3.74. The second kappa shape index (κ2) is 10.1. The molecule has 7 nitrogen and oxygen atoms in total. The molecule has 1 saturated heterocycles. The molecule has 1 aliphatic rings. The molecule has 1 heterocycles. The summed E-state index contributed by atoms with van der Waals surface area (Å²) in [6, 6.07) is 12.3. The van der Waals surface area contributed by atoms with E-state index in [0.29, 0.717) is 48.9 Å². The Labute approximate surface area is 176 Å². The fourth-order valence-corrected chi connectivity index (χ4v) is 3.18. The van der Waals surface area contributed by atoms with Gasteiger partial charge in [-0.15, -0.1) is 0 Å². The molecule has 1 N–H and O–H groups in total. The predicted molar refractivity (Wildman–Crippen MR) is 116 cm³/mol. The van der Waals surface area contributed by atoms with E-state index in [4.69, 9.17) is 14.2 Å². The van der Waals surface area contributed by atoms with Gasteiger partial charge in [0.2, 0.25) is 0 Å². The summed E-state index contributed by atoms with van der Waals surface area (Å²) in [5.41, 5.74) is 2.25. The Balaban J connectivity index is 1.87. The number of amides is 1. The van der Waals surface area contributed by atoms with Crippen molar-refractivity contribution in [3.8, 4) is 5.75 Å². The van der Waals surface area contributed by atoms with Gasteiger partial charge in [-0.2, -0.15) is 0 Å². The van der Waals surface area contributed by atoms with Crippen molar-refractivity contribution in [3.05, 3.63) is 53.6 Å². The Morgan fingerprint density at radius 1 is 1.13 bits per heavy atom. The van der Waals surface area contributed by atoms with Gasteiger partial charge in [0.05, 0.1) is 43.4 Å². The van der Waals surface area contributed by atoms with Gasteiger partial charge in [0.1, 0.15) is 5.75 Å². The molecule has 2 aromatic carbocycles. The quantitative estimate of drug-likeness (QED) is 0.698. The normalized spacial score (nSPS) is 14.7. The summed E-state index contributed by atoms with van der Waals surface area (Å²) in [6.45, 7) is 6.67. The number of benzene rings is 2. The Kier molecular flexibility index (Phi) is 7.30. The Bertz CT molecular complexity index is 893. The molecule has 0 spiro atoms. The first-order chi connectivity index (χ1) is 14.5. The van der Waals surface area contributed by atoms with Crippen LogP contribution in [0, 0.1) is 0 Å². The molecular formula is C23H28N2O5. The summed E-state index contributed by atoms with van der Waals surface area (Å²) in [4.78, 5) is 27.1. The molecule has 1 aliphatic heterocycles. The van der Waals surface area contributed by atoms with Crippen LogP contribution in [0.3, 0.4) is 0 Å². The van der Waals surface area contributed by atoms with Crippen LogP contribution in [0.25, 0.3) is 0 Å². The molecule has 0 saturated carbocycles. The van der Waals surface area contributed by atoms with E-state index >= 15 is 0 Å². The lowest BCUT2D eigenvalue weighted by atomic mass is 10.1. The average molecular weight is 412 g/mol. The third-order valence-corrected chi connectivity index (χ3v) is 5.03. The summed E-state index contributed by atoms with van der Waals surface area (Å²) in [6.07, 6.45) is 0.938. The average Bonchev–Trinajstić information content (AvgIpc) is 2.79. The van der Waals surface area contributed by atoms with E-state index in [2.05, 4.69) is 10.2 Å². The van der Waals surface area contributed by atoms with Crippen LogP contribution in [-0.4, -0.2) is 51.4 Å². The number of nitrogens with zero attached hydrogens (tertiary/aromatic N) is 1. The van der Waals surface area contributed by atoms with Gasteiger partial charge in [0.15, 0.2) is 0 Å². The van der Waals surface area contributed by atoms with E-state index in [1.165, 1.54) is 7.11 Å². The molecule has 0 aliphatic carbocycles. The molecule has 160 valence electrons. The SMILES string of the molecule is CC[C@@H](C)Oc1cccc(C(=O)Nc2cc(C(=O)OC)ccc2N2CCOCC2)c1. The first-order valence-electron chi connectivity index (χ1n) is 10.1. The highest BCUT2D eigenvalue weighted by Gasteiger charge is 2.19. The van der Waals surface area contributed by atoms with Gasteiger partial charge in [-0.3, -0.25) is 4.79 Å². The highest BCUT2D eigenvalue weighted by molar-refractivity contribution is 6.07. The van der Waals surface area contributed by atoms with Crippen molar-refractivity contribution in [1.29, 1.82) is 0 Å². The maximum absolute atomic E-state index is 13.0. The fourth-order valence-electron chi connectivity index (χ4n) is 3.18. The van der Waals surface area contributed by atoms with E-state index in [1.807, 2.05) is 26.0 Å². The molecule has 7 heteroatoms. The minimum absolute atomic E-state index is 0.0629. The Morgan fingerprint density at radius 2 is 1.90 bits per heavy atom. The van der Waals surface area contributed by atoms with Crippen molar-refractivity contribution < 1.29 is 23.8 Å². The number of rotatable bonds is 7. The summed E-state index contributed by atoms with van der Waals surface area (Å²) >= 11 is 0. The summed E-state index contributed by atoms with van der Waals surface area (Å²) in [5, 5.41) is 2.95. The van der Waals surface area contributed by atoms with E-state index in [1.54, 1.807) is 30.3 Å². The zero-order chi connectivity index (χ0) is 21.5. The number of hydrogen-bond acceptors (Lipinski definition) is 6. The molecule has 30 heavy (non-hydrogen) atoms. The molecular weight excluding hydrogens is 384 g/mol. The van der Waals surface area contributed by atoms with Gasteiger partial charge in [-0.1, -0.05) is 13.0 Å². The molecule has 1 amide bonds. The lowest BCUT2D eigenvalue weighted by Crippen LogP contribution is -2.36. The number of nitrogens with one attached hydrogen (secondary N) is 1. The smallest absolute Gasteiger partial charge is 0.337 e. The topological polar surface area (TPSA) is 77.1 Å². The molecule has 0 aromatic heterocycles.